The molecule has 0 saturated carbocycles. The first-order valence-corrected chi connectivity index (χ1v) is 6.48. The molecule has 1 fully saturated rings. The third kappa shape index (κ3) is 2.53. The van der Waals surface area contributed by atoms with Crippen LogP contribution in [0, 0.1) is 0 Å². The molecule has 0 aliphatic carbocycles. The van der Waals surface area contributed by atoms with Gasteiger partial charge >= 0.3 is 0 Å². The summed E-state index contributed by atoms with van der Waals surface area (Å²) in [4.78, 5) is 17.9. The number of amides is 1. The third-order valence-corrected chi connectivity index (χ3v) is 3.52. The van der Waals surface area contributed by atoms with Crippen LogP contribution in [0.1, 0.15) is 24.3 Å². The number of carbonyl (C=O) groups is 1. The smallest absolute Gasteiger partial charge is 0.273 e. The molecule has 6 heteroatoms. The van der Waals surface area contributed by atoms with Crippen LogP contribution >= 0.6 is 22.9 Å². The first-order chi connectivity index (χ1) is 7.56. The molecule has 2 unspecified atom stereocenters. The number of carbonyl (C=O) groups excluding carboxylic acids is 1. The Kier molecular flexibility index (Phi) is 3.47. The lowest BCUT2D eigenvalue weighted by atomic mass is 10.1. The molecule has 1 N–H and O–H groups in total. The summed E-state index contributed by atoms with van der Waals surface area (Å²) in [6, 6.07) is 0.642. The number of nitrogens with one attached hydrogen (secondary N) is 1. The van der Waals surface area contributed by atoms with Gasteiger partial charge in [0.25, 0.3) is 5.91 Å². The van der Waals surface area contributed by atoms with Gasteiger partial charge in [-0.3, -0.25) is 4.79 Å². The van der Waals surface area contributed by atoms with Crippen LogP contribution in [0.2, 0.25) is 4.47 Å². The average Bonchev–Trinajstić information content (AvgIpc) is 2.62. The molecule has 4 nitrogen and oxygen atoms in total. The van der Waals surface area contributed by atoms with E-state index in [1.54, 1.807) is 5.38 Å². The number of hydrogen-bond donors (Lipinski definition) is 1. The summed E-state index contributed by atoms with van der Waals surface area (Å²) in [7, 11) is 0. The molecule has 1 aromatic rings. The van der Waals surface area contributed by atoms with Crippen molar-refractivity contribution in [3.63, 3.8) is 0 Å². The molecule has 88 valence electrons. The van der Waals surface area contributed by atoms with Crippen LogP contribution in [0.25, 0.3) is 0 Å². The molecule has 2 atom stereocenters. The van der Waals surface area contributed by atoms with Gasteiger partial charge in [0, 0.05) is 30.6 Å². The van der Waals surface area contributed by atoms with Crippen molar-refractivity contribution in [1.82, 2.24) is 15.2 Å². The molecule has 0 bridgehead atoms. The van der Waals surface area contributed by atoms with Crippen LogP contribution in [-0.2, 0) is 0 Å². The number of nitrogens with zero attached hydrogens (tertiary/aromatic N) is 2. The molecule has 0 radical (unpaired) electrons. The minimum Gasteiger partial charge on any atom is -0.334 e. The second-order valence-corrected chi connectivity index (χ2v) is 5.60. The van der Waals surface area contributed by atoms with E-state index in [2.05, 4.69) is 24.1 Å². The largest absolute Gasteiger partial charge is 0.334 e. The fourth-order valence-electron chi connectivity index (χ4n) is 2.00. The van der Waals surface area contributed by atoms with Gasteiger partial charge in [0.05, 0.1) is 0 Å². The van der Waals surface area contributed by atoms with Crippen molar-refractivity contribution in [1.29, 1.82) is 0 Å². The van der Waals surface area contributed by atoms with E-state index >= 15 is 0 Å². The van der Waals surface area contributed by atoms with Crippen LogP contribution in [-0.4, -0.2) is 41.0 Å². The van der Waals surface area contributed by atoms with Gasteiger partial charge in [0.15, 0.2) is 4.47 Å². The van der Waals surface area contributed by atoms with Gasteiger partial charge in [0.1, 0.15) is 5.69 Å². The normalized spacial score (nSPS) is 25.8. The zero-order chi connectivity index (χ0) is 11.7. The molecule has 0 aromatic carbocycles. The molecule has 1 aliphatic rings. The maximum atomic E-state index is 12.1. The second kappa shape index (κ2) is 4.69. The number of hydrogen-bond acceptors (Lipinski definition) is 4. The van der Waals surface area contributed by atoms with Crippen molar-refractivity contribution in [3.05, 3.63) is 15.5 Å². The molecular formula is C10H14ClN3OS. The summed E-state index contributed by atoms with van der Waals surface area (Å²) in [5, 5.41) is 5.09. The molecule has 2 heterocycles. The van der Waals surface area contributed by atoms with E-state index in [1.807, 2.05) is 4.90 Å². The van der Waals surface area contributed by atoms with Crippen LogP contribution in [0.4, 0.5) is 0 Å². The lowest BCUT2D eigenvalue weighted by molar-refractivity contribution is 0.0668. The standard InChI is InChI=1S/C10H14ClN3OS/c1-6-3-14(4-7(2)12-6)9(15)8-5-16-10(11)13-8/h5-7,12H,3-4H2,1-2H3. The highest BCUT2D eigenvalue weighted by Gasteiger charge is 2.26. The van der Waals surface area contributed by atoms with Gasteiger partial charge in [-0.25, -0.2) is 4.98 Å². The maximum Gasteiger partial charge on any atom is 0.273 e. The van der Waals surface area contributed by atoms with E-state index < -0.39 is 0 Å². The van der Waals surface area contributed by atoms with Gasteiger partial charge in [-0.1, -0.05) is 11.6 Å². The summed E-state index contributed by atoms with van der Waals surface area (Å²) in [6.45, 7) is 5.59. The van der Waals surface area contributed by atoms with Crippen LogP contribution < -0.4 is 5.32 Å². The Morgan fingerprint density at radius 2 is 2.19 bits per heavy atom. The molecule has 1 saturated heterocycles. The van der Waals surface area contributed by atoms with Gasteiger partial charge in [-0.05, 0) is 13.8 Å². The van der Waals surface area contributed by atoms with Crippen molar-refractivity contribution >= 4 is 28.8 Å². The van der Waals surface area contributed by atoms with Crippen molar-refractivity contribution in [2.75, 3.05) is 13.1 Å². The predicted molar refractivity (Wildman–Crippen MR) is 65.1 cm³/mol. The Hall–Kier alpha value is -0.650. The number of piperazine rings is 1. The molecule has 1 aliphatic heterocycles. The Bertz CT molecular complexity index is 385. The zero-order valence-electron chi connectivity index (χ0n) is 9.24. The highest BCUT2D eigenvalue weighted by atomic mass is 35.5. The monoisotopic (exact) mass is 259 g/mol. The van der Waals surface area contributed by atoms with Gasteiger partial charge in [0.2, 0.25) is 0 Å². The van der Waals surface area contributed by atoms with E-state index in [4.69, 9.17) is 11.6 Å². The summed E-state index contributed by atoms with van der Waals surface area (Å²) >= 11 is 7.01. The lowest BCUT2D eigenvalue weighted by Crippen LogP contribution is -2.55. The first kappa shape index (κ1) is 11.8. The third-order valence-electron chi connectivity index (χ3n) is 2.54. The topological polar surface area (TPSA) is 45.2 Å². The fraction of sp³-hybridized carbons (Fsp3) is 0.600. The van der Waals surface area contributed by atoms with E-state index in [0.717, 1.165) is 13.1 Å². The van der Waals surface area contributed by atoms with Crippen molar-refractivity contribution in [2.24, 2.45) is 0 Å². The van der Waals surface area contributed by atoms with E-state index in [9.17, 15) is 4.79 Å². The summed E-state index contributed by atoms with van der Waals surface area (Å²) in [6.07, 6.45) is 0. The van der Waals surface area contributed by atoms with E-state index in [1.165, 1.54) is 11.3 Å². The average molecular weight is 260 g/mol. The summed E-state index contributed by atoms with van der Waals surface area (Å²) in [5.41, 5.74) is 0.455. The molecular weight excluding hydrogens is 246 g/mol. The van der Waals surface area contributed by atoms with Crippen LogP contribution in [0.3, 0.4) is 0 Å². The fourth-order valence-corrected chi connectivity index (χ4v) is 2.74. The summed E-state index contributed by atoms with van der Waals surface area (Å²) < 4.78 is 0.416. The lowest BCUT2D eigenvalue weighted by Gasteiger charge is -2.35. The zero-order valence-corrected chi connectivity index (χ0v) is 10.8. The van der Waals surface area contributed by atoms with Gasteiger partial charge in [-0.2, -0.15) is 0 Å². The van der Waals surface area contributed by atoms with Crippen molar-refractivity contribution < 1.29 is 4.79 Å². The number of halogens is 1. The van der Waals surface area contributed by atoms with Crippen molar-refractivity contribution in [2.45, 2.75) is 25.9 Å². The quantitative estimate of drug-likeness (QED) is 0.834. The molecule has 1 aromatic heterocycles. The van der Waals surface area contributed by atoms with Crippen molar-refractivity contribution in [3.8, 4) is 0 Å². The second-order valence-electron chi connectivity index (χ2n) is 4.16. The SMILES string of the molecule is CC1CN(C(=O)c2csc(Cl)n2)CC(C)N1. The minimum atomic E-state index is -0.0247. The maximum absolute atomic E-state index is 12.1. The highest BCUT2D eigenvalue weighted by Crippen LogP contribution is 2.17. The van der Waals surface area contributed by atoms with Gasteiger partial charge < -0.3 is 10.2 Å². The van der Waals surface area contributed by atoms with Crippen LogP contribution in [0.5, 0.6) is 0 Å². The Balaban J connectivity index is 2.09. The first-order valence-electron chi connectivity index (χ1n) is 5.22. The predicted octanol–water partition coefficient (Wildman–Crippen LogP) is 1.62. The summed E-state index contributed by atoms with van der Waals surface area (Å²) in [5.74, 6) is -0.0247. The van der Waals surface area contributed by atoms with E-state index in [-0.39, 0.29) is 5.91 Å². The van der Waals surface area contributed by atoms with Crippen LogP contribution in [0.15, 0.2) is 5.38 Å². The molecule has 0 spiro atoms. The number of aromatic nitrogens is 1. The Morgan fingerprint density at radius 3 is 2.69 bits per heavy atom. The molecule has 2 rings (SSSR count). The molecule has 1 amide bonds. The highest BCUT2D eigenvalue weighted by molar-refractivity contribution is 7.14. The Labute approximate surface area is 104 Å². The molecule has 16 heavy (non-hydrogen) atoms. The number of thiazole rings is 1. The van der Waals surface area contributed by atoms with Gasteiger partial charge in [-0.15, -0.1) is 11.3 Å². The number of rotatable bonds is 1. The van der Waals surface area contributed by atoms with E-state index in [0.29, 0.717) is 22.2 Å². The minimum absolute atomic E-state index is 0.0247. The Morgan fingerprint density at radius 1 is 1.56 bits per heavy atom.